The highest BCUT2D eigenvalue weighted by Crippen LogP contribution is 2.30. The van der Waals surface area contributed by atoms with Crippen LogP contribution in [0.4, 0.5) is 10.9 Å². The maximum atomic E-state index is 12.5. The van der Waals surface area contributed by atoms with E-state index in [0.29, 0.717) is 22.3 Å². The Kier molecular flexibility index (Phi) is 4.29. The average Bonchev–Trinajstić information content (AvgIpc) is 3.17. The van der Waals surface area contributed by atoms with Crippen LogP contribution in [0.3, 0.4) is 0 Å². The summed E-state index contributed by atoms with van der Waals surface area (Å²) in [6.07, 6.45) is 4.80. The van der Waals surface area contributed by atoms with Crippen LogP contribution in [0.15, 0.2) is 24.3 Å². The fourth-order valence-electron chi connectivity index (χ4n) is 2.67. The minimum Gasteiger partial charge on any atom is -0.497 e. The van der Waals surface area contributed by atoms with E-state index in [1.54, 1.807) is 31.4 Å². The molecule has 0 saturated heterocycles. The lowest BCUT2D eigenvalue weighted by molar-refractivity contribution is 0.104. The molecule has 5 nitrogen and oxygen atoms in total. The normalized spacial score (nSPS) is 15.0. The van der Waals surface area contributed by atoms with Crippen LogP contribution in [0.25, 0.3) is 0 Å². The van der Waals surface area contributed by atoms with Gasteiger partial charge in [0.15, 0.2) is 5.13 Å². The number of methoxy groups -OCH3 is 1. The molecule has 1 aromatic carbocycles. The Bertz CT molecular complexity index is 661. The van der Waals surface area contributed by atoms with Crippen molar-refractivity contribution >= 4 is 28.1 Å². The maximum absolute atomic E-state index is 12.5. The van der Waals surface area contributed by atoms with Crippen molar-refractivity contribution in [2.24, 2.45) is 0 Å². The van der Waals surface area contributed by atoms with Crippen molar-refractivity contribution in [3.63, 3.8) is 0 Å². The molecule has 3 N–H and O–H groups in total. The first-order valence-corrected chi connectivity index (χ1v) is 8.20. The zero-order valence-electron chi connectivity index (χ0n) is 12.5. The van der Waals surface area contributed by atoms with Gasteiger partial charge in [0.25, 0.3) is 0 Å². The van der Waals surface area contributed by atoms with Gasteiger partial charge in [0.1, 0.15) is 16.4 Å². The van der Waals surface area contributed by atoms with E-state index in [1.165, 1.54) is 24.2 Å². The number of nitrogens with one attached hydrogen (secondary N) is 1. The molecule has 2 aromatic rings. The predicted molar refractivity (Wildman–Crippen MR) is 88.8 cm³/mol. The van der Waals surface area contributed by atoms with Gasteiger partial charge in [-0.2, -0.15) is 0 Å². The summed E-state index contributed by atoms with van der Waals surface area (Å²) in [5, 5.41) is 4.12. The van der Waals surface area contributed by atoms with Crippen molar-refractivity contribution in [3.05, 3.63) is 34.7 Å². The van der Waals surface area contributed by atoms with Gasteiger partial charge in [-0.1, -0.05) is 24.2 Å². The second kappa shape index (κ2) is 6.36. The summed E-state index contributed by atoms with van der Waals surface area (Å²) < 4.78 is 5.10. The molecule has 6 heteroatoms. The molecule has 0 spiro atoms. The third-order valence-electron chi connectivity index (χ3n) is 3.89. The van der Waals surface area contributed by atoms with Crippen molar-refractivity contribution in [2.75, 3.05) is 18.2 Å². The zero-order chi connectivity index (χ0) is 15.5. The number of hydrogen-bond donors (Lipinski definition) is 2. The third-order valence-corrected chi connectivity index (χ3v) is 4.90. The summed E-state index contributed by atoms with van der Waals surface area (Å²) in [5.74, 6) is 0.917. The Balaban J connectivity index is 1.77. The van der Waals surface area contributed by atoms with Gasteiger partial charge in [-0.05, 0) is 37.1 Å². The third kappa shape index (κ3) is 3.06. The van der Waals surface area contributed by atoms with Crippen LogP contribution in [0.1, 0.15) is 40.9 Å². The van der Waals surface area contributed by atoms with E-state index in [-0.39, 0.29) is 5.78 Å². The number of aromatic nitrogens is 1. The zero-order valence-corrected chi connectivity index (χ0v) is 13.3. The van der Waals surface area contributed by atoms with Gasteiger partial charge in [0, 0.05) is 11.6 Å². The summed E-state index contributed by atoms with van der Waals surface area (Å²) >= 11 is 1.33. The number of nitrogens with zero attached hydrogens (tertiary/aromatic N) is 1. The monoisotopic (exact) mass is 317 g/mol. The number of nitrogens with two attached hydrogens (primary N) is 1. The fourth-order valence-corrected chi connectivity index (χ4v) is 3.60. The van der Waals surface area contributed by atoms with Gasteiger partial charge in [0.2, 0.25) is 5.78 Å². The van der Waals surface area contributed by atoms with Crippen molar-refractivity contribution in [1.82, 2.24) is 4.98 Å². The minimum atomic E-state index is -0.0999. The number of anilines is 2. The number of thiazole rings is 1. The van der Waals surface area contributed by atoms with Crippen LogP contribution in [0.2, 0.25) is 0 Å². The number of carbonyl (C=O) groups excluding carboxylic acids is 1. The van der Waals surface area contributed by atoms with E-state index >= 15 is 0 Å². The van der Waals surface area contributed by atoms with Gasteiger partial charge in [-0.3, -0.25) is 4.79 Å². The lowest BCUT2D eigenvalue weighted by Crippen LogP contribution is -2.14. The molecule has 22 heavy (non-hydrogen) atoms. The standard InChI is InChI=1S/C16H19N3O2S/c1-21-12-8-6-10(7-9-12)13(20)14-15(17)19-16(22-14)18-11-4-2-3-5-11/h6-9,11H,2-5,17H2,1H3,(H,18,19). The van der Waals surface area contributed by atoms with Crippen LogP contribution >= 0.6 is 11.3 Å². The molecule has 0 aliphatic heterocycles. The number of rotatable bonds is 5. The van der Waals surface area contributed by atoms with Crippen molar-refractivity contribution in [1.29, 1.82) is 0 Å². The molecular formula is C16H19N3O2S. The molecule has 116 valence electrons. The molecule has 0 atom stereocenters. The molecule has 1 saturated carbocycles. The van der Waals surface area contributed by atoms with Crippen LogP contribution in [-0.4, -0.2) is 23.9 Å². The second-order valence-corrected chi connectivity index (χ2v) is 6.42. The van der Waals surface area contributed by atoms with Gasteiger partial charge >= 0.3 is 0 Å². The smallest absolute Gasteiger partial charge is 0.206 e. The number of carbonyl (C=O) groups is 1. The SMILES string of the molecule is COc1ccc(C(=O)c2sc(NC3CCCC3)nc2N)cc1. The van der Waals surface area contributed by atoms with E-state index in [1.807, 2.05) is 0 Å². The largest absolute Gasteiger partial charge is 0.497 e. The first-order chi connectivity index (χ1) is 10.7. The van der Waals surface area contributed by atoms with Crippen molar-refractivity contribution in [3.8, 4) is 5.75 Å². The number of benzene rings is 1. The summed E-state index contributed by atoms with van der Waals surface area (Å²) in [4.78, 5) is 17.3. The van der Waals surface area contributed by atoms with Crippen LogP contribution in [0.5, 0.6) is 5.75 Å². The molecule has 1 aliphatic carbocycles. The molecule has 1 aromatic heterocycles. The first-order valence-electron chi connectivity index (χ1n) is 7.39. The Morgan fingerprint density at radius 3 is 2.64 bits per heavy atom. The lowest BCUT2D eigenvalue weighted by Gasteiger charge is -2.09. The minimum absolute atomic E-state index is 0.0999. The number of ether oxygens (including phenoxy) is 1. The number of hydrogen-bond acceptors (Lipinski definition) is 6. The molecule has 0 radical (unpaired) electrons. The summed E-state index contributed by atoms with van der Waals surface area (Å²) in [6, 6.07) is 7.47. The molecule has 1 heterocycles. The molecule has 1 aliphatic rings. The molecule has 0 unspecified atom stereocenters. The topological polar surface area (TPSA) is 77.2 Å². The summed E-state index contributed by atoms with van der Waals surface area (Å²) in [7, 11) is 1.60. The van der Waals surface area contributed by atoms with E-state index in [2.05, 4.69) is 10.3 Å². The highest BCUT2D eigenvalue weighted by Gasteiger charge is 2.21. The molecular weight excluding hydrogens is 298 g/mol. The van der Waals surface area contributed by atoms with Crippen LogP contribution < -0.4 is 15.8 Å². The van der Waals surface area contributed by atoms with E-state index in [9.17, 15) is 4.79 Å². The highest BCUT2D eigenvalue weighted by atomic mass is 32.1. The Morgan fingerprint density at radius 2 is 2.00 bits per heavy atom. The Morgan fingerprint density at radius 1 is 1.32 bits per heavy atom. The lowest BCUT2D eigenvalue weighted by atomic mass is 10.1. The Labute approximate surface area is 133 Å². The predicted octanol–water partition coefficient (Wildman–Crippen LogP) is 3.32. The van der Waals surface area contributed by atoms with Gasteiger partial charge in [0.05, 0.1) is 7.11 Å². The first kappa shape index (κ1) is 14.8. The van der Waals surface area contributed by atoms with E-state index in [4.69, 9.17) is 10.5 Å². The average molecular weight is 317 g/mol. The summed E-state index contributed by atoms with van der Waals surface area (Å²) in [5.41, 5.74) is 6.51. The fraction of sp³-hybridized carbons (Fsp3) is 0.375. The molecule has 0 bridgehead atoms. The van der Waals surface area contributed by atoms with Crippen molar-refractivity contribution < 1.29 is 9.53 Å². The molecule has 3 rings (SSSR count). The highest BCUT2D eigenvalue weighted by molar-refractivity contribution is 7.18. The van der Waals surface area contributed by atoms with Gasteiger partial charge < -0.3 is 15.8 Å². The van der Waals surface area contributed by atoms with Crippen LogP contribution in [0, 0.1) is 0 Å². The number of nitrogen functional groups attached to an aromatic ring is 1. The molecule has 0 amide bonds. The Hall–Kier alpha value is -2.08. The molecule has 1 fully saturated rings. The number of ketones is 1. The van der Waals surface area contributed by atoms with E-state index in [0.717, 1.165) is 23.7 Å². The van der Waals surface area contributed by atoms with Crippen LogP contribution in [-0.2, 0) is 0 Å². The van der Waals surface area contributed by atoms with Gasteiger partial charge in [-0.15, -0.1) is 0 Å². The van der Waals surface area contributed by atoms with Gasteiger partial charge in [-0.25, -0.2) is 4.98 Å². The summed E-state index contributed by atoms with van der Waals surface area (Å²) in [6.45, 7) is 0. The maximum Gasteiger partial charge on any atom is 0.206 e. The van der Waals surface area contributed by atoms with E-state index < -0.39 is 0 Å². The van der Waals surface area contributed by atoms with Crippen molar-refractivity contribution in [2.45, 2.75) is 31.7 Å². The second-order valence-electron chi connectivity index (χ2n) is 5.42. The quantitative estimate of drug-likeness (QED) is 0.827.